The van der Waals surface area contributed by atoms with E-state index in [-0.39, 0.29) is 29.4 Å². The number of carbonyl (C=O) groups is 1. The molecule has 1 aromatic rings. The summed E-state index contributed by atoms with van der Waals surface area (Å²) in [5.74, 6) is 1.50. The standard InChI is InChI=1S/C18H27N3O3/c1-10(2)7-13-15(18(13,4)5)17(22)21-9-12(23-6)8-14(21)16-20-19-11(3)24-16/h7,12-15H,8-9H2,1-6H3/t12-,13?,14+,15?/m0/s1. The van der Waals surface area contributed by atoms with Gasteiger partial charge in [0.05, 0.1) is 12.0 Å². The number of amides is 1. The van der Waals surface area contributed by atoms with Crippen LogP contribution in [0.5, 0.6) is 0 Å². The van der Waals surface area contributed by atoms with Gasteiger partial charge in [0.1, 0.15) is 6.04 Å². The van der Waals surface area contributed by atoms with E-state index >= 15 is 0 Å². The molecule has 24 heavy (non-hydrogen) atoms. The topological polar surface area (TPSA) is 68.5 Å². The van der Waals surface area contributed by atoms with Crippen LogP contribution in [0.2, 0.25) is 0 Å². The highest BCUT2D eigenvalue weighted by Gasteiger charge is 2.62. The second-order valence-electron chi connectivity index (χ2n) is 7.83. The van der Waals surface area contributed by atoms with Gasteiger partial charge in [-0.05, 0) is 25.2 Å². The largest absolute Gasteiger partial charge is 0.423 e. The van der Waals surface area contributed by atoms with Gasteiger partial charge < -0.3 is 14.1 Å². The van der Waals surface area contributed by atoms with E-state index in [0.29, 0.717) is 30.7 Å². The van der Waals surface area contributed by atoms with Crippen LogP contribution in [0.25, 0.3) is 0 Å². The molecule has 0 bridgehead atoms. The van der Waals surface area contributed by atoms with Crippen LogP contribution in [0.3, 0.4) is 0 Å². The lowest BCUT2D eigenvalue weighted by Crippen LogP contribution is -2.34. The van der Waals surface area contributed by atoms with Crippen molar-refractivity contribution in [2.45, 2.75) is 53.2 Å². The first-order valence-corrected chi connectivity index (χ1v) is 8.54. The number of carbonyl (C=O) groups excluding carboxylic acids is 1. The molecule has 2 aliphatic rings. The smallest absolute Gasteiger partial charge is 0.239 e. The van der Waals surface area contributed by atoms with Crippen molar-refractivity contribution in [2.24, 2.45) is 17.3 Å². The normalized spacial score (nSPS) is 31.2. The molecule has 2 fully saturated rings. The number of methoxy groups -OCH3 is 1. The van der Waals surface area contributed by atoms with Crippen LogP contribution in [-0.4, -0.2) is 40.8 Å². The lowest BCUT2D eigenvalue weighted by Gasteiger charge is -2.22. The molecule has 4 atom stereocenters. The number of allylic oxidation sites excluding steroid dienone is 2. The van der Waals surface area contributed by atoms with Crippen molar-refractivity contribution < 1.29 is 13.9 Å². The second kappa shape index (κ2) is 5.99. The Labute approximate surface area is 143 Å². The minimum absolute atomic E-state index is 0.00514. The maximum atomic E-state index is 13.2. The Hall–Kier alpha value is -1.69. The monoisotopic (exact) mass is 333 g/mol. The third kappa shape index (κ3) is 2.88. The van der Waals surface area contributed by atoms with E-state index in [1.807, 2.05) is 4.90 Å². The van der Waals surface area contributed by atoms with E-state index in [2.05, 4.69) is 44.0 Å². The number of aromatic nitrogens is 2. The summed E-state index contributed by atoms with van der Waals surface area (Å²) in [6.07, 6.45) is 2.93. The number of nitrogens with zero attached hydrogens (tertiary/aromatic N) is 3. The van der Waals surface area contributed by atoms with Gasteiger partial charge in [0.25, 0.3) is 0 Å². The van der Waals surface area contributed by atoms with Crippen LogP contribution in [-0.2, 0) is 9.53 Å². The average Bonchev–Trinajstić information content (AvgIpc) is 2.92. The predicted octanol–water partition coefficient (Wildman–Crippen LogP) is 2.90. The zero-order valence-corrected chi connectivity index (χ0v) is 15.4. The van der Waals surface area contributed by atoms with Crippen LogP contribution in [0.4, 0.5) is 0 Å². The van der Waals surface area contributed by atoms with Gasteiger partial charge in [-0.1, -0.05) is 25.5 Å². The molecule has 1 amide bonds. The number of rotatable bonds is 4. The van der Waals surface area contributed by atoms with E-state index < -0.39 is 0 Å². The zero-order valence-electron chi connectivity index (χ0n) is 15.4. The van der Waals surface area contributed by atoms with Gasteiger partial charge in [-0.15, -0.1) is 10.2 Å². The maximum absolute atomic E-state index is 13.2. The van der Waals surface area contributed by atoms with E-state index in [1.54, 1.807) is 14.0 Å². The molecule has 0 aromatic carbocycles. The Morgan fingerprint density at radius 1 is 1.38 bits per heavy atom. The summed E-state index contributed by atoms with van der Waals surface area (Å²) in [5.41, 5.74) is 1.25. The first-order valence-electron chi connectivity index (χ1n) is 8.54. The third-order valence-electron chi connectivity index (χ3n) is 5.40. The summed E-state index contributed by atoms with van der Waals surface area (Å²) in [4.78, 5) is 15.1. The molecule has 1 aromatic heterocycles. The molecule has 2 heterocycles. The van der Waals surface area contributed by atoms with Gasteiger partial charge in [0.2, 0.25) is 17.7 Å². The number of likely N-dealkylation sites (tertiary alicyclic amines) is 1. The molecule has 6 nitrogen and oxygen atoms in total. The lowest BCUT2D eigenvalue weighted by molar-refractivity contribution is -0.135. The summed E-state index contributed by atoms with van der Waals surface area (Å²) in [6, 6.07) is -0.188. The first kappa shape index (κ1) is 17.1. The molecule has 0 radical (unpaired) electrons. The minimum atomic E-state index is -0.188. The highest BCUT2D eigenvalue weighted by molar-refractivity contribution is 5.84. The van der Waals surface area contributed by atoms with Crippen molar-refractivity contribution in [3.05, 3.63) is 23.4 Å². The molecule has 6 heteroatoms. The molecule has 1 saturated heterocycles. The maximum Gasteiger partial charge on any atom is 0.239 e. The number of ether oxygens (including phenoxy) is 1. The summed E-state index contributed by atoms with van der Waals surface area (Å²) in [5, 5.41) is 8.05. The fraction of sp³-hybridized carbons (Fsp3) is 0.722. The van der Waals surface area contributed by atoms with Gasteiger partial charge in [-0.3, -0.25) is 4.79 Å². The summed E-state index contributed by atoms with van der Waals surface area (Å²) in [7, 11) is 1.68. The van der Waals surface area contributed by atoms with Crippen LogP contribution in [0.1, 0.15) is 51.9 Å². The van der Waals surface area contributed by atoms with Gasteiger partial charge in [-0.25, -0.2) is 0 Å². The molecular formula is C18H27N3O3. The zero-order chi connectivity index (χ0) is 17.6. The van der Waals surface area contributed by atoms with Crippen LogP contribution < -0.4 is 0 Å². The van der Waals surface area contributed by atoms with Gasteiger partial charge >= 0.3 is 0 Å². The molecule has 2 unspecified atom stereocenters. The lowest BCUT2D eigenvalue weighted by atomic mass is 10.1. The minimum Gasteiger partial charge on any atom is -0.423 e. The van der Waals surface area contributed by atoms with Crippen molar-refractivity contribution >= 4 is 5.91 Å². The Morgan fingerprint density at radius 3 is 2.62 bits per heavy atom. The highest BCUT2D eigenvalue weighted by atomic mass is 16.5. The molecule has 0 spiro atoms. The van der Waals surface area contributed by atoms with Crippen LogP contribution in [0.15, 0.2) is 16.1 Å². The third-order valence-corrected chi connectivity index (χ3v) is 5.40. The average molecular weight is 333 g/mol. The van der Waals surface area contributed by atoms with Gasteiger partial charge in [-0.2, -0.15) is 0 Å². The Bertz CT molecular complexity index is 660. The highest BCUT2D eigenvalue weighted by Crippen LogP contribution is 2.60. The number of aryl methyl sites for hydroxylation is 1. The molecular weight excluding hydrogens is 306 g/mol. The predicted molar refractivity (Wildman–Crippen MR) is 89.1 cm³/mol. The van der Waals surface area contributed by atoms with Crippen molar-refractivity contribution in [3.8, 4) is 0 Å². The van der Waals surface area contributed by atoms with Crippen LogP contribution in [0, 0.1) is 24.2 Å². The molecule has 1 aliphatic carbocycles. The number of hydrogen-bond donors (Lipinski definition) is 0. The quantitative estimate of drug-likeness (QED) is 0.793. The molecule has 1 aliphatic heterocycles. The van der Waals surface area contributed by atoms with Gasteiger partial charge in [0, 0.05) is 27.0 Å². The van der Waals surface area contributed by atoms with Gasteiger partial charge in [0.15, 0.2) is 0 Å². The molecule has 0 N–H and O–H groups in total. The molecule has 3 rings (SSSR count). The van der Waals surface area contributed by atoms with Crippen molar-refractivity contribution in [3.63, 3.8) is 0 Å². The fourth-order valence-corrected chi connectivity index (χ4v) is 3.89. The van der Waals surface area contributed by atoms with Crippen molar-refractivity contribution in [1.82, 2.24) is 15.1 Å². The van der Waals surface area contributed by atoms with Crippen LogP contribution >= 0.6 is 0 Å². The summed E-state index contributed by atoms with van der Waals surface area (Å²) in [6.45, 7) is 10.8. The number of hydrogen-bond acceptors (Lipinski definition) is 5. The second-order valence-corrected chi connectivity index (χ2v) is 7.83. The summed E-state index contributed by atoms with van der Waals surface area (Å²) >= 11 is 0. The molecule has 1 saturated carbocycles. The first-order chi connectivity index (χ1) is 11.3. The SMILES string of the molecule is CO[C@H]1C[C@H](c2nnc(C)o2)N(C(=O)C2C(C=C(C)C)C2(C)C)C1. The summed E-state index contributed by atoms with van der Waals surface area (Å²) < 4.78 is 11.1. The molecule has 132 valence electrons. The van der Waals surface area contributed by atoms with E-state index in [0.717, 1.165) is 0 Å². The fourth-order valence-electron chi connectivity index (χ4n) is 3.89. The van der Waals surface area contributed by atoms with E-state index in [9.17, 15) is 4.79 Å². The Morgan fingerprint density at radius 2 is 2.08 bits per heavy atom. The Balaban J connectivity index is 1.83. The van der Waals surface area contributed by atoms with Crippen molar-refractivity contribution in [2.75, 3.05) is 13.7 Å². The van der Waals surface area contributed by atoms with Crippen molar-refractivity contribution in [1.29, 1.82) is 0 Å². The Kier molecular flexibility index (Phi) is 4.28. The van der Waals surface area contributed by atoms with E-state index in [4.69, 9.17) is 9.15 Å². The van der Waals surface area contributed by atoms with E-state index in [1.165, 1.54) is 5.57 Å².